The number of nitrogens with zero attached hydrogens (tertiary/aromatic N) is 1. The van der Waals surface area contributed by atoms with Crippen molar-refractivity contribution in [3.05, 3.63) is 28.8 Å². The minimum absolute atomic E-state index is 0.453. The minimum atomic E-state index is 0.453. The third kappa shape index (κ3) is 3.95. The number of hydrogen-bond donors (Lipinski definition) is 2. The van der Waals surface area contributed by atoms with Gasteiger partial charge in [-0.15, -0.1) is 0 Å². The molecule has 1 heterocycles. The molecule has 0 spiro atoms. The molecule has 0 saturated carbocycles. The number of aromatic hydroxyl groups is 1. The molecule has 1 aromatic carbocycles. The molecule has 0 amide bonds. The first-order chi connectivity index (χ1) is 9.06. The monoisotopic (exact) mass is 262 g/mol. The molecule has 3 nitrogen and oxygen atoms in total. The Kier molecular flexibility index (Phi) is 4.83. The summed E-state index contributed by atoms with van der Waals surface area (Å²) in [4.78, 5) is 2.09. The van der Waals surface area contributed by atoms with Gasteiger partial charge in [0.25, 0.3) is 0 Å². The highest BCUT2D eigenvalue weighted by molar-refractivity contribution is 5.43. The quantitative estimate of drug-likeness (QED) is 0.875. The molecule has 0 aromatic heterocycles. The standard InChI is InChI=1S/C16H26N2O/c1-12-8-13(10-15-6-4-5-7-17-15)9-14(16(12)19)11-18(2)3/h8-9,15,17,19H,4-7,10-11H2,1-3H3. The first-order valence-electron chi connectivity index (χ1n) is 7.25. The molecule has 0 radical (unpaired) electrons. The van der Waals surface area contributed by atoms with E-state index < -0.39 is 0 Å². The van der Waals surface area contributed by atoms with Gasteiger partial charge < -0.3 is 15.3 Å². The molecule has 1 unspecified atom stereocenters. The van der Waals surface area contributed by atoms with Crippen molar-refractivity contribution < 1.29 is 5.11 Å². The molecular formula is C16H26N2O. The highest BCUT2D eigenvalue weighted by Crippen LogP contribution is 2.26. The van der Waals surface area contributed by atoms with Crippen LogP contribution in [0.25, 0.3) is 0 Å². The lowest BCUT2D eigenvalue weighted by Gasteiger charge is -2.24. The largest absolute Gasteiger partial charge is 0.507 e. The van der Waals surface area contributed by atoms with E-state index in [1.165, 1.54) is 24.8 Å². The fourth-order valence-corrected chi connectivity index (χ4v) is 2.90. The number of aryl methyl sites for hydroxylation is 1. The molecule has 0 bridgehead atoms. The average Bonchev–Trinajstić information content (AvgIpc) is 2.36. The number of hydrogen-bond acceptors (Lipinski definition) is 3. The lowest BCUT2D eigenvalue weighted by atomic mass is 9.95. The summed E-state index contributed by atoms with van der Waals surface area (Å²) in [5, 5.41) is 13.7. The van der Waals surface area contributed by atoms with E-state index in [2.05, 4.69) is 22.3 Å². The van der Waals surface area contributed by atoms with E-state index in [1.54, 1.807) is 0 Å². The van der Waals surface area contributed by atoms with E-state index in [0.29, 0.717) is 11.8 Å². The third-order valence-electron chi connectivity index (χ3n) is 3.82. The Morgan fingerprint density at radius 3 is 2.74 bits per heavy atom. The van der Waals surface area contributed by atoms with Crippen LogP contribution in [0.15, 0.2) is 12.1 Å². The van der Waals surface area contributed by atoms with E-state index in [0.717, 1.165) is 30.6 Å². The highest BCUT2D eigenvalue weighted by Gasteiger charge is 2.15. The Labute approximate surface area is 116 Å². The lowest BCUT2D eigenvalue weighted by Crippen LogP contribution is -2.35. The van der Waals surface area contributed by atoms with Gasteiger partial charge in [-0.25, -0.2) is 0 Å². The molecular weight excluding hydrogens is 236 g/mol. The Bertz CT molecular complexity index is 423. The summed E-state index contributed by atoms with van der Waals surface area (Å²) in [6.45, 7) is 3.93. The van der Waals surface area contributed by atoms with Crippen molar-refractivity contribution in [2.24, 2.45) is 0 Å². The topological polar surface area (TPSA) is 35.5 Å². The maximum Gasteiger partial charge on any atom is 0.122 e. The number of rotatable bonds is 4. The Balaban J connectivity index is 2.13. The fourth-order valence-electron chi connectivity index (χ4n) is 2.90. The number of phenolic OH excluding ortho intramolecular Hbond substituents is 1. The normalized spacial score (nSPS) is 19.9. The second-order valence-corrected chi connectivity index (χ2v) is 6.01. The van der Waals surface area contributed by atoms with Gasteiger partial charge in [-0.1, -0.05) is 18.6 Å². The van der Waals surface area contributed by atoms with Crippen LogP contribution in [-0.2, 0) is 13.0 Å². The predicted octanol–water partition coefficient (Wildman–Crippen LogP) is 2.45. The van der Waals surface area contributed by atoms with E-state index >= 15 is 0 Å². The summed E-state index contributed by atoms with van der Waals surface area (Å²) in [5.74, 6) is 0.453. The van der Waals surface area contributed by atoms with Gasteiger partial charge in [-0.3, -0.25) is 0 Å². The zero-order chi connectivity index (χ0) is 13.8. The summed E-state index contributed by atoms with van der Waals surface area (Å²) >= 11 is 0. The molecule has 1 fully saturated rings. The first kappa shape index (κ1) is 14.4. The van der Waals surface area contributed by atoms with Gasteiger partial charge in [0.1, 0.15) is 5.75 Å². The first-order valence-corrected chi connectivity index (χ1v) is 7.25. The Morgan fingerprint density at radius 1 is 1.32 bits per heavy atom. The van der Waals surface area contributed by atoms with Crippen molar-refractivity contribution in [3.63, 3.8) is 0 Å². The maximum atomic E-state index is 10.1. The number of piperidine rings is 1. The van der Waals surface area contributed by atoms with Crippen LogP contribution in [0, 0.1) is 6.92 Å². The molecule has 3 heteroatoms. The summed E-state index contributed by atoms with van der Waals surface area (Å²) in [7, 11) is 4.06. The van der Waals surface area contributed by atoms with Crippen molar-refractivity contribution in [3.8, 4) is 5.75 Å². The molecule has 2 N–H and O–H groups in total. The smallest absolute Gasteiger partial charge is 0.122 e. The maximum absolute atomic E-state index is 10.1. The second kappa shape index (κ2) is 6.40. The molecule has 1 aromatic rings. The minimum Gasteiger partial charge on any atom is -0.507 e. The van der Waals surface area contributed by atoms with Gasteiger partial charge in [-0.2, -0.15) is 0 Å². The SMILES string of the molecule is Cc1cc(CC2CCCCN2)cc(CN(C)C)c1O. The van der Waals surface area contributed by atoms with Crippen LogP contribution in [-0.4, -0.2) is 36.7 Å². The number of phenols is 1. The van der Waals surface area contributed by atoms with Crippen LogP contribution in [0.5, 0.6) is 5.75 Å². The Morgan fingerprint density at radius 2 is 2.11 bits per heavy atom. The molecule has 1 atom stereocenters. The summed E-state index contributed by atoms with van der Waals surface area (Å²) in [5.41, 5.74) is 3.37. The lowest BCUT2D eigenvalue weighted by molar-refractivity contribution is 0.382. The molecule has 106 valence electrons. The summed E-state index contributed by atoms with van der Waals surface area (Å²) in [6, 6.07) is 4.90. The third-order valence-corrected chi connectivity index (χ3v) is 3.82. The van der Waals surface area contributed by atoms with Gasteiger partial charge in [0.2, 0.25) is 0 Å². The molecule has 1 saturated heterocycles. The molecule has 1 aliphatic rings. The van der Waals surface area contributed by atoms with Gasteiger partial charge in [0.05, 0.1) is 0 Å². The Hall–Kier alpha value is -1.06. The van der Waals surface area contributed by atoms with Crippen LogP contribution in [0.1, 0.15) is 36.0 Å². The van der Waals surface area contributed by atoms with Crippen LogP contribution in [0.2, 0.25) is 0 Å². The van der Waals surface area contributed by atoms with Crippen molar-refractivity contribution in [1.29, 1.82) is 0 Å². The molecule has 0 aliphatic carbocycles. The van der Waals surface area contributed by atoms with Crippen molar-refractivity contribution >= 4 is 0 Å². The number of nitrogens with one attached hydrogen (secondary N) is 1. The number of benzene rings is 1. The summed E-state index contributed by atoms with van der Waals surface area (Å²) in [6.07, 6.45) is 4.97. The summed E-state index contributed by atoms with van der Waals surface area (Å²) < 4.78 is 0. The van der Waals surface area contributed by atoms with E-state index in [-0.39, 0.29) is 0 Å². The van der Waals surface area contributed by atoms with Crippen LogP contribution in [0.4, 0.5) is 0 Å². The van der Waals surface area contributed by atoms with Gasteiger partial charge in [0.15, 0.2) is 0 Å². The van der Waals surface area contributed by atoms with E-state index in [9.17, 15) is 5.11 Å². The predicted molar refractivity (Wildman–Crippen MR) is 79.6 cm³/mol. The van der Waals surface area contributed by atoms with E-state index in [4.69, 9.17) is 0 Å². The van der Waals surface area contributed by atoms with Crippen LogP contribution < -0.4 is 5.32 Å². The fraction of sp³-hybridized carbons (Fsp3) is 0.625. The second-order valence-electron chi connectivity index (χ2n) is 6.01. The zero-order valence-corrected chi connectivity index (χ0v) is 12.4. The average molecular weight is 262 g/mol. The van der Waals surface area contributed by atoms with Crippen LogP contribution in [0.3, 0.4) is 0 Å². The van der Waals surface area contributed by atoms with Gasteiger partial charge in [0, 0.05) is 18.2 Å². The molecule has 19 heavy (non-hydrogen) atoms. The van der Waals surface area contributed by atoms with E-state index in [1.807, 2.05) is 21.0 Å². The van der Waals surface area contributed by atoms with Crippen molar-refractivity contribution in [2.75, 3.05) is 20.6 Å². The van der Waals surface area contributed by atoms with Crippen molar-refractivity contribution in [1.82, 2.24) is 10.2 Å². The van der Waals surface area contributed by atoms with Crippen LogP contribution >= 0.6 is 0 Å². The van der Waals surface area contributed by atoms with Gasteiger partial charge in [-0.05, 0) is 58.0 Å². The zero-order valence-electron chi connectivity index (χ0n) is 12.4. The molecule has 2 rings (SSSR count). The van der Waals surface area contributed by atoms with Crippen molar-refractivity contribution in [2.45, 2.75) is 45.2 Å². The highest BCUT2D eigenvalue weighted by atomic mass is 16.3. The molecule has 1 aliphatic heterocycles. The van der Waals surface area contributed by atoms with Gasteiger partial charge >= 0.3 is 0 Å².